The van der Waals surface area contributed by atoms with Crippen LogP contribution in [0.5, 0.6) is 0 Å². The quantitative estimate of drug-likeness (QED) is 0.468. The van der Waals surface area contributed by atoms with Gasteiger partial charge in [-0.05, 0) is 50.2 Å². The lowest BCUT2D eigenvalue weighted by Gasteiger charge is -2.21. The van der Waals surface area contributed by atoms with E-state index in [1.54, 1.807) is 24.3 Å². The van der Waals surface area contributed by atoms with Gasteiger partial charge in [-0.25, -0.2) is 13.2 Å². The summed E-state index contributed by atoms with van der Waals surface area (Å²) in [5.74, 6) is 0. The Balaban J connectivity index is 1.71. The van der Waals surface area contributed by atoms with Gasteiger partial charge in [0.15, 0.2) is 0 Å². The van der Waals surface area contributed by atoms with Crippen LogP contribution in [0.1, 0.15) is 31.4 Å². The Morgan fingerprint density at radius 2 is 1.88 bits per heavy atom. The van der Waals surface area contributed by atoms with E-state index >= 15 is 0 Å². The average Bonchev–Trinajstić information content (AvgIpc) is 3.02. The molecule has 2 amide bonds. The fourth-order valence-corrected chi connectivity index (χ4v) is 5.26. The van der Waals surface area contributed by atoms with E-state index < -0.39 is 27.0 Å². The van der Waals surface area contributed by atoms with Gasteiger partial charge < -0.3 is 15.5 Å². The summed E-state index contributed by atoms with van der Waals surface area (Å²) in [5, 5.41) is 16.5. The third-order valence-corrected chi connectivity index (χ3v) is 7.50. The lowest BCUT2D eigenvalue weighted by Crippen LogP contribution is -2.34. The summed E-state index contributed by atoms with van der Waals surface area (Å²) in [6.45, 7) is 4.23. The second-order valence-electron chi connectivity index (χ2n) is 8.00. The number of carbonyl (C=O) groups is 1. The highest BCUT2D eigenvalue weighted by Crippen LogP contribution is 2.23. The summed E-state index contributed by atoms with van der Waals surface area (Å²) in [4.78, 5) is 25.4. The predicted molar refractivity (Wildman–Crippen MR) is 126 cm³/mol. The van der Waals surface area contributed by atoms with Gasteiger partial charge in [0.1, 0.15) is 0 Å². The highest BCUT2D eigenvalue weighted by Gasteiger charge is 2.26. The molecule has 1 unspecified atom stereocenters. The standard InChI is InChI=1S/C22H29N5O5S/c1-3-21(17-7-4-9-19(15-17)27(29)30)24-22(28)23-18-8-5-10-20(16-18)33(31,32)26-12-6-11-25(2)13-14-26/h4-5,7-10,15-16,21H,3,6,11-14H2,1-2H3,(H2,23,24,28). The molecule has 0 aromatic heterocycles. The zero-order chi connectivity index (χ0) is 24.0. The van der Waals surface area contributed by atoms with E-state index in [1.165, 1.54) is 28.6 Å². The molecular weight excluding hydrogens is 446 g/mol. The molecule has 0 aliphatic carbocycles. The van der Waals surface area contributed by atoms with Crippen molar-refractivity contribution >= 4 is 27.4 Å². The van der Waals surface area contributed by atoms with Crippen LogP contribution in [0.25, 0.3) is 0 Å². The Morgan fingerprint density at radius 1 is 1.12 bits per heavy atom. The van der Waals surface area contributed by atoms with Crippen LogP contribution in [0.4, 0.5) is 16.2 Å². The monoisotopic (exact) mass is 475 g/mol. The highest BCUT2D eigenvalue weighted by atomic mass is 32.2. The number of benzene rings is 2. The minimum atomic E-state index is -3.68. The molecule has 2 aromatic carbocycles. The number of rotatable bonds is 7. The zero-order valence-electron chi connectivity index (χ0n) is 18.7. The molecule has 0 spiro atoms. The maximum absolute atomic E-state index is 13.1. The fraction of sp³-hybridized carbons (Fsp3) is 0.409. The number of likely N-dealkylation sites (N-methyl/N-ethyl adjacent to an activating group) is 1. The molecule has 33 heavy (non-hydrogen) atoms. The van der Waals surface area contributed by atoms with E-state index in [4.69, 9.17) is 0 Å². The lowest BCUT2D eigenvalue weighted by molar-refractivity contribution is -0.384. The first-order chi connectivity index (χ1) is 15.7. The third kappa shape index (κ3) is 6.28. The summed E-state index contributed by atoms with van der Waals surface area (Å²) >= 11 is 0. The van der Waals surface area contributed by atoms with Crippen molar-refractivity contribution < 1.29 is 18.1 Å². The minimum absolute atomic E-state index is 0.0502. The topological polar surface area (TPSA) is 125 Å². The summed E-state index contributed by atoms with van der Waals surface area (Å²) < 4.78 is 27.7. The van der Waals surface area contributed by atoms with Crippen LogP contribution in [0.15, 0.2) is 53.4 Å². The molecule has 1 heterocycles. The van der Waals surface area contributed by atoms with Crippen LogP contribution in [0, 0.1) is 10.1 Å². The van der Waals surface area contributed by atoms with Gasteiger partial charge in [0.25, 0.3) is 5.69 Å². The summed E-state index contributed by atoms with van der Waals surface area (Å²) in [6, 6.07) is 11.3. The molecule has 2 N–H and O–H groups in total. The van der Waals surface area contributed by atoms with E-state index in [9.17, 15) is 23.3 Å². The van der Waals surface area contributed by atoms with Gasteiger partial charge in [0.2, 0.25) is 10.0 Å². The summed E-state index contributed by atoms with van der Waals surface area (Å²) in [5.41, 5.74) is 0.907. The SMILES string of the molecule is CCC(NC(=O)Nc1cccc(S(=O)(=O)N2CCCN(C)CC2)c1)c1cccc([N+](=O)[O-])c1. The molecular formula is C22H29N5O5S. The van der Waals surface area contributed by atoms with E-state index in [0.29, 0.717) is 37.3 Å². The number of hydrogen-bond acceptors (Lipinski definition) is 6. The Hall–Kier alpha value is -3.02. The molecule has 178 valence electrons. The highest BCUT2D eigenvalue weighted by molar-refractivity contribution is 7.89. The Morgan fingerprint density at radius 3 is 2.61 bits per heavy atom. The van der Waals surface area contributed by atoms with Gasteiger partial charge >= 0.3 is 6.03 Å². The van der Waals surface area contributed by atoms with Gasteiger partial charge in [0.05, 0.1) is 15.9 Å². The summed E-state index contributed by atoms with van der Waals surface area (Å²) in [6.07, 6.45) is 1.28. The van der Waals surface area contributed by atoms with Crippen molar-refractivity contribution in [1.29, 1.82) is 0 Å². The van der Waals surface area contributed by atoms with Gasteiger partial charge in [-0.1, -0.05) is 25.1 Å². The molecule has 0 bridgehead atoms. The molecule has 1 aliphatic heterocycles. The van der Waals surface area contributed by atoms with Crippen LogP contribution < -0.4 is 10.6 Å². The number of amides is 2. The molecule has 1 atom stereocenters. The smallest absolute Gasteiger partial charge is 0.319 e. The van der Waals surface area contributed by atoms with Crippen molar-refractivity contribution in [2.24, 2.45) is 0 Å². The molecule has 1 saturated heterocycles. The van der Waals surface area contributed by atoms with Gasteiger partial charge in [-0.3, -0.25) is 10.1 Å². The first kappa shape index (κ1) is 24.6. The van der Waals surface area contributed by atoms with Crippen LogP contribution in [-0.2, 0) is 10.0 Å². The van der Waals surface area contributed by atoms with Gasteiger partial charge in [0, 0.05) is 37.5 Å². The number of nitrogens with zero attached hydrogens (tertiary/aromatic N) is 3. The number of sulfonamides is 1. The van der Waals surface area contributed by atoms with Crippen molar-refractivity contribution in [3.05, 3.63) is 64.2 Å². The van der Waals surface area contributed by atoms with Crippen molar-refractivity contribution in [3.8, 4) is 0 Å². The number of carbonyl (C=O) groups excluding carboxylic acids is 1. The van der Waals surface area contributed by atoms with Gasteiger partial charge in [-0.15, -0.1) is 0 Å². The Labute approximate surface area is 193 Å². The maximum Gasteiger partial charge on any atom is 0.319 e. The molecule has 10 nitrogen and oxygen atoms in total. The maximum atomic E-state index is 13.1. The second kappa shape index (κ2) is 10.7. The number of hydrogen-bond donors (Lipinski definition) is 2. The first-order valence-electron chi connectivity index (χ1n) is 10.8. The number of non-ortho nitro benzene ring substituents is 1. The van der Waals surface area contributed by atoms with Crippen molar-refractivity contribution in [2.45, 2.75) is 30.7 Å². The molecule has 0 saturated carbocycles. The van der Waals surface area contributed by atoms with Crippen molar-refractivity contribution in [1.82, 2.24) is 14.5 Å². The number of nitro benzene ring substituents is 1. The van der Waals surface area contributed by atoms with Gasteiger partial charge in [-0.2, -0.15) is 4.31 Å². The Bertz CT molecular complexity index is 1110. The first-order valence-corrected chi connectivity index (χ1v) is 12.3. The van der Waals surface area contributed by atoms with Crippen LogP contribution in [0.2, 0.25) is 0 Å². The number of urea groups is 1. The molecule has 11 heteroatoms. The van der Waals surface area contributed by atoms with Crippen molar-refractivity contribution in [3.63, 3.8) is 0 Å². The van der Waals surface area contributed by atoms with Crippen LogP contribution in [0.3, 0.4) is 0 Å². The number of nitro groups is 1. The van der Waals surface area contributed by atoms with Crippen LogP contribution in [-0.4, -0.2) is 61.8 Å². The molecule has 2 aromatic rings. The summed E-state index contributed by atoms with van der Waals surface area (Å²) in [7, 11) is -1.71. The van der Waals surface area contributed by atoms with E-state index in [0.717, 1.165) is 13.0 Å². The second-order valence-corrected chi connectivity index (χ2v) is 9.94. The largest absolute Gasteiger partial charge is 0.331 e. The van der Waals surface area contributed by atoms with E-state index in [-0.39, 0.29) is 10.6 Å². The number of nitrogens with one attached hydrogen (secondary N) is 2. The van der Waals surface area contributed by atoms with E-state index in [1.807, 2.05) is 14.0 Å². The average molecular weight is 476 g/mol. The molecule has 0 radical (unpaired) electrons. The molecule has 1 fully saturated rings. The number of anilines is 1. The molecule has 3 rings (SSSR count). The van der Waals surface area contributed by atoms with Crippen LogP contribution >= 0.6 is 0 Å². The predicted octanol–water partition coefficient (Wildman–Crippen LogP) is 3.19. The molecule has 1 aliphatic rings. The zero-order valence-corrected chi connectivity index (χ0v) is 19.5. The minimum Gasteiger partial charge on any atom is -0.331 e. The Kier molecular flexibility index (Phi) is 8.01. The van der Waals surface area contributed by atoms with Crippen molar-refractivity contribution in [2.75, 3.05) is 38.5 Å². The van der Waals surface area contributed by atoms with E-state index in [2.05, 4.69) is 15.5 Å². The fourth-order valence-electron chi connectivity index (χ4n) is 3.75. The third-order valence-electron chi connectivity index (χ3n) is 5.61. The lowest BCUT2D eigenvalue weighted by atomic mass is 10.0. The normalized spacial score (nSPS) is 16.5.